The van der Waals surface area contributed by atoms with Crippen LogP contribution in [0.5, 0.6) is 0 Å². The first kappa shape index (κ1) is 10.7. The summed E-state index contributed by atoms with van der Waals surface area (Å²) in [4.78, 5) is 10.4. The van der Waals surface area contributed by atoms with Gasteiger partial charge in [-0.2, -0.15) is 0 Å². The largest absolute Gasteiger partial charge is 0.481 e. The number of carbonyl (C=O) groups is 1. The van der Waals surface area contributed by atoms with Crippen molar-refractivity contribution in [2.45, 2.75) is 23.7 Å². The Morgan fingerprint density at radius 3 is 2.88 bits per heavy atom. The fourth-order valence-electron chi connectivity index (χ4n) is 1.06. The summed E-state index contributed by atoms with van der Waals surface area (Å²) in [5.74, 6) is -0.0643. The quantitative estimate of drug-likeness (QED) is 0.870. The maximum atomic E-state index is 10.4. The van der Waals surface area contributed by atoms with Crippen molar-refractivity contribution in [3.8, 4) is 0 Å². The normalized spacial score (nSPS) is 10.6. The molecule has 0 saturated carbocycles. The summed E-state index contributed by atoms with van der Waals surface area (Å²) in [6.45, 7) is 1.69. The molecule has 0 saturated heterocycles. The van der Waals surface area contributed by atoms with E-state index < -0.39 is 5.97 Å². The molecule has 0 aromatic carbocycles. The maximum absolute atomic E-state index is 10.4. The summed E-state index contributed by atoms with van der Waals surface area (Å²) in [7, 11) is 0. The molecule has 2 rings (SSSR count). The summed E-state index contributed by atoms with van der Waals surface area (Å²) in [5.41, 5.74) is 0. The number of nitrogens with zero attached hydrogens (tertiary/aromatic N) is 2. The Morgan fingerprint density at radius 1 is 1.44 bits per heavy atom. The van der Waals surface area contributed by atoms with E-state index in [2.05, 4.69) is 10.2 Å². The Hall–Kier alpha value is -1.76. The monoisotopic (exact) mass is 240 g/mol. The minimum atomic E-state index is -0.931. The number of hydrogen-bond acceptors (Lipinski definition) is 6. The number of carboxylic acid groups (broad SMARTS) is 1. The molecule has 0 unspecified atom stereocenters. The van der Waals surface area contributed by atoms with E-state index in [-0.39, 0.29) is 6.42 Å². The lowest BCUT2D eigenvalue weighted by atomic mass is 10.3. The van der Waals surface area contributed by atoms with Crippen LogP contribution in [0.25, 0.3) is 0 Å². The molecule has 0 fully saturated rings. The number of hydrogen-bond donors (Lipinski definition) is 1. The molecule has 2 aromatic heterocycles. The molecule has 0 aliphatic heterocycles. The zero-order chi connectivity index (χ0) is 11.5. The maximum Gasteiger partial charge on any atom is 0.311 e. The van der Waals surface area contributed by atoms with Gasteiger partial charge in [0.2, 0.25) is 5.89 Å². The Balaban J connectivity index is 2.05. The van der Waals surface area contributed by atoms with Crippen molar-refractivity contribution >= 4 is 17.7 Å². The van der Waals surface area contributed by atoms with Gasteiger partial charge in [-0.25, -0.2) is 0 Å². The van der Waals surface area contributed by atoms with Gasteiger partial charge >= 0.3 is 5.97 Å². The van der Waals surface area contributed by atoms with Crippen LogP contribution < -0.4 is 0 Å². The highest BCUT2D eigenvalue weighted by Crippen LogP contribution is 2.28. The van der Waals surface area contributed by atoms with E-state index in [9.17, 15) is 4.79 Å². The minimum Gasteiger partial charge on any atom is -0.481 e. The van der Waals surface area contributed by atoms with Crippen molar-refractivity contribution in [2.24, 2.45) is 0 Å². The van der Waals surface area contributed by atoms with Crippen LogP contribution >= 0.6 is 11.8 Å². The SMILES string of the molecule is Cc1nnc(Sc2ccc(CC(=O)O)o2)o1. The van der Waals surface area contributed by atoms with Crippen LogP contribution in [0, 0.1) is 6.92 Å². The second-order valence-electron chi connectivity index (χ2n) is 2.98. The van der Waals surface area contributed by atoms with Crippen molar-refractivity contribution in [1.29, 1.82) is 0 Å². The molecule has 0 spiro atoms. The van der Waals surface area contributed by atoms with Crippen molar-refractivity contribution in [2.75, 3.05) is 0 Å². The number of carboxylic acids is 1. The summed E-state index contributed by atoms with van der Waals surface area (Å²) < 4.78 is 10.4. The molecule has 2 aromatic rings. The lowest BCUT2D eigenvalue weighted by molar-refractivity contribution is -0.136. The van der Waals surface area contributed by atoms with Gasteiger partial charge in [0.05, 0.1) is 0 Å². The zero-order valence-corrected chi connectivity index (χ0v) is 9.15. The third-order valence-corrected chi connectivity index (χ3v) is 2.42. The number of aromatic nitrogens is 2. The predicted molar refractivity (Wildman–Crippen MR) is 53.2 cm³/mol. The lowest BCUT2D eigenvalue weighted by Gasteiger charge is -1.90. The van der Waals surface area contributed by atoms with Crippen LogP contribution in [0.15, 0.2) is 31.3 Å². The molecule has 0 atom stereocenters. The molecule has 6 nitrogen and oxygen atoms in total. The third kappa shape index (κ3) is 2.63. The summed E-state index contributed by atoms with van der Waals surface area (Å²) in [5, 5.41) is 16.9. The van der Waals surface area contributed by atoms with Gasteiger partial charge in [-0.05, 0) is 12.1 Å². The van der Waals surface area contributed by atoms with Gasteiger partial charge in [0.25, 0.3) is 5.22 Å². The zero-order valence-electron chi connectivity index (χ0n) is 8.34. The van der Waals surface area contributed by atoms with Crippen LogP contribution in [0.2, 0.25) is 0 Å². The van der Waals surface area contributed by atoms with Gasteiger partial charge in [0.15, 0.2) is 5.09 Å². The Morgan fingerprint density at radius 2 is 2.25 bits per heavy atom. The van der Waals surface area contributed by atoms with Crippen molar-refractivity contribution < 1.29 is 18.7 Å². The molecule has 0 aliphatic rings. The van der Waals surface area contributed by atoms with Crippen LogP contribution in [0.3, 0.4) is 0 Å². The van der Waals surface area contributed by atoms with Gasteiger partial charge in [-0.3, -0.25) is 4.79 Å². The first-order valence-corrected chi connectivity index (χ1v) is 5.23. The number of rotatable bonds is 4. The lowest BCUT2D eigenvalue weighted by Crippen LogP contribution is -1.97. The van der Waals surface area contributed by atoms with E-state index in [1.807, 2.05) is 0 Å². The first-order valence-electron chi connectivity index (χ1n) is 4.42. The minimum absolute atomic E-state index is 0.135. The van der Waals surface area contributed by atoms with E-state index in [4.69, 9.17) is 13.9 Å². The molecule has 0 amide bonds. The van der Waals surface area contributed by atoms with Gasteiger partial charge < -0.3 is 13.9 Å². The topological polar surface area (TPSA) is 89.4 Å². The highest BCUT2D eigenvalue weighted by atomic mass is 32.2. The highest BCUT2D eigenvalue weighted by molar-refractivity contribution is 7.99. The Labute approximate surface area is 94.7 Å². The standard InChI is InChI=1S/C9H8N2O4S/c1-5-10-11-9(14-5)16-8-3-2-6(15-8)4-7(12)13/h2-3H,4H2,1H3,(H,12,13). The van der Waals surface area contributed by atoms with E-state index in [0.29, 0.717) is 22.0 Å². The second kappa shape index (κ2) is 4.40. The molecule has 84 valence electrons. The Bertz CT molecular complexity index is 505. The smallest absolute Gasteiger partial charge is 0.311 e. The molecule has 0 aliphatic carbocycles. The molecule has 16 heavy (non-hydrogen) atoms. The summed E-state index contributed by atoms with van der Waals surface area (Å²) in [6, 6.07) is 3.28. The average molecular weight is 240 g/mol. The molecule has 7 heteroatoms. The van der Waals surface area contributed by atoms with Crippen molar-refractivity contribution in [3.05, 3.63) is 23.8 Å². The second-order valence-corrected chi connectivity index (χ2v) is 3.94. The van der Waals surface area contributed by atoms with Gasteiger partial charge in [0.1, 0.15) is 12.2 Å². The summed E-state index contributed by atoms with van der Waals surface area (Å²) >= 11 is 1.16. The number of furan rings is 1. The predicted octanol–water partition coefficient (Wildman–Crippen LogP) is 1.75. The highest BCUT2D eigenvalue weighted by Gasteiger charge is 2.10. The summed E-state index contributed by atoms with van der Waals surface area (Å²) in [6.07, 6.45) is -0.135. The molecular weight excluding hydrogens is 232 g/mol. The van der Waals surface area contributed by atoms with Gasteiger partial charge in [-0.1, -0.05) is 0 Å². The fraction of sp³-hybridized carbons (Fsp3) is 0.222. The van der Waals surface area contributed by atoms with E-state index in [1.165, 1.54) is 0 Å². The van der Waals surface area contributed by atoms with E-state index in [0.717, 1.165) is 11.8 Å². The van der Waals surface area contributed by atoms with Gasteiger partial charge in [0, 0.05) is 18.7 Å². The Kier molecular flexibility index (Phi) is 2.95. The molecule has 0 radical (unpaired) electrons. The molecule has 0 bridgehead atoms. The van der Waals surface area contributed by atoms with E-state index in [1.54, 1.807) is 19.1 Å². The van der Waals surface area contributed by atoms with E-state index >= 15 is 0 Å². The van der Waals surface area contributed by atoms with Crippen LogP contribution in [-0.2, 0) is 11.2 Å². The fourth-order valence-corrected chi connectivity index (χ4v) is 1.76. The van der Waals surface area contributed by atoms with Crippen LogP contribution in [0.1, 0.15) is 11.7 Å². The van der Waals surface area contributed by atoms with Gasteiger partial charge in [-0.15, -0.1) is 10.2 Å². The number of aliphatic carboxylic acids is 1. The molecule has 1 N–H and O–H groups in total. The van der Waals surface area contributed by atoms with Crippen LogP contribution in [0.4, 0.5) is 0 Å². The van der Waals surface area contributed by atoms with Crippen molar-refractivity contribution in [3.63, 3.8) is 0 Å². The molecule has 2 heterocycles. The van der Waals surface area contributed by atoms with Crippen molar-refractivity contribution in [1.82, 2.24) is 10.2 Å². The first-order chi connectivity index (χ1) is 7.63. The molecular formula is C9H8N2O4S. The average Bonchev–Trinajstić information content (AvgIpc) is 2.76. The third-order valence-electron chi connectivity index (χ3n) is 1.66. The number of aryl methyl sites for hydroxylation is 1. The van der Waals surface area contributed by atoms with Crippen LogP contribution in [-0.4, -0.2) is 21.3 Å².